The number of carbonyl (C=O) groups is 1. The molecular formula is C18H28ClN3O3. The molecule has 0 aromatic heterocycles. The van der Waals surface area contributed by atoms with E-state index < -0.39 is 0 Å². The number of carbonyl (C=O) groups excluding carboxylic acids is 1. The van der Waals surface area contributed by atoms with Gasteiger partial charge in [0.1, 0.15) is 5.75 Å². The molecule has 1 saturated heterocycles. The van der Waals surface area contributed by atoms with Gasteiger partial charge in [0.05, 0.1) is 30.0 Å². The molecule has 1 atom stereocenters. The molecule has 1 amide bonds. The van der Waals surface area contributed by atoms with Gasteiger partial charge in [-0.15, -0.1) is 0 Å². The quantitative estimate of drug-likeness (QED) is 0.590. The number of methoxy groups -OCH3 is 1. The number of rotatable bonds is 7. The molecule has 0 radical (unpaired) electrons. The lowest BCUT2D eigenvalue weighted by atomic mass is 10.1. The van der Waals surface area contributed by atoms with Crippen molar-refractivity contribution in [1.82, 2.24) is 9.80 Å². The van der Waals surface area contributed by atoms with Crippen molar-refractivity contribution < 1.29 is 14.3 Å². The molecule has 1 aromatic rings. The highest BCUT2D eigenvalue weighted by molar-refractivity contribution is 6.33. The maximum absolute atomic E-state index is 13.0. The fourth-order valence-corrected chi connectivity index (χ4v) is 3.32. The first-order chi connectivity index (χ1) is 12.0. The molecule has 0 aliphatic carbocycles. The van der Waals surface area contributed by atoms with Crippen LogP contribution in [0, 0.1) is 0 Å². The summed E-state index contributed by atoms with van der Waals surface area (Å²) < 4.78 is 10.8. The summed E-state index contributed by atoms with van der Waals surface area (Å²) in [5.74, 6) is 0.389. The number of nitrogens with zero attached hydrogens (tertiary/aromatic N) is 2. The van der Waals surface area contributed by atoms with Crippen molar-refractivity contribution in [2.75, 3.05) is 52.2 Å². The van der Waals surface area contributed by atoms with Crippen molar-refractivity contribution >= 4 is 23.2 Å². The molecule has 1 aliphatic rings. The van der Waals surface area contributed by atoms with E-state index in [9.17, 15) is 4.79 Å². The van der Waals surface area contributed by atoms with Gasteiger partial charge in [0, 0.05) is 44.9 Å². The van der Waals surface area contributed by atoms with E-state index in [-0.39, 0.29) is 5.91 Å². The van der Waals surface area contributed by atoms with Gasteiger partial charge in [-0.05, 0) is 19.4 Å². The lowest BCUT2D eigenvalue weighted by molar-refractivity contribution is 0.0339. The van der Waals surface area contributed by atoms with Crippen molar-refractivity contribution in [3.8, 4) is 5.75 Å². The maximum atomic E-state index is 13.0. The largest absolute Gasteiger partial charge is 0.496 e. The number of nitrogen functional groups attached to an aromatic ring is 1. The highest BCUT2D eigenvalue weighted by Gasteiger charge is 2.30. The van der Waals surface area contributed by atoms with E-state index in [4.69, 9.17) is 26.8 Å². The highest BCUT2D eigenvalue weighted by atomic mass is 35.5. The van der Waals surface area contributed by atoms with Gasteiger partial charge >= 0.3 is 0 Å². The van der Waals surface area contributed by atoms with Gasteiger partial charge < -0.3 is 20.1 Å². The van der Waals surface area contributed by atoms with Gasteiger partial charge in [0.15, 0.2) is 0 Å². The fourth-order valence-electron chi connectivity index (χ4n) is 3.16. The Hall–Kier alpha value is -1.50. The van der Waals surface area contributed by atoms with Crippen LogP contribution in [0.1, 0.15) is 30.6 Å². The molecule has 140 valence electrons. The summed E-state index contributed by atoms with van der Waals surface area (Å²) in [6.45, 7) is 8.69. The monoisotopic (exact) mass is 369 g/mol. The number of ether oxygens (including phenoxy) is 2. The summed E-state index contributed by atoms with van der Waals surface area (Å²) in [5.41, 5.74) is 6.67. The van der Waals surface area contributed by atoms with Crippen molar-refractivity contribution in [1.29, 1.82) is 0 Å². The summed E-state index contributed by atoms with van der Waals surface area (Å²) in [6.07, 6.45) is 0.982. The standard InChI is InChI=1S/C18H28ClN3O3/c1-4-13-12-22(7-6-21(13)8-9-25-5-2)18(23)14-10-15(19)16(20)11-17(14)24-3/h10-11,13H,4-9,12,20H2,1-3H3. The van der Waals surface area contributed by atoms with E-state index in [0.717, 1.165) is 32.7 Å². The van der Waals surface area contributed by atoms with Gasteiger partial charge in [-0.25, -0.2) is 0 Å². The Morgan fingerprint density at radius 3 is 2.76 bits per heavy atom. The van der Waals surface area contributed by atoms with E-state index in [1.807, 2.05) is 11.8 Å². The molecule has 1 heterocycles. The second-order valence-corrected chi connectivity index (χ2v) is 6.53. The summed E-state index contributed by atoms with van der Waals surface area (Å²) in [7, 11) is 1.53. The van der Waals surface area contributed by atoms with Crippen LogP contribution >= 0.6 is 11.6 Å². The van der Waals surface area contributed by atoms with Crippen molar-refractivity contribution in [2.24, 2.45) is 0 Å². The average Bonchev–Trinajstić information content (AvgIpc) is 2.63. The van der Waals surface area contributed by atoms with E-state index in [1.165, 1.54) is 7.11 Å². The first-order valence-corrected chi connectivity index (χ1v) is 9.13. The molecule has 25 heavy (non-hydrogen) atoms. The molecule has 1 fully saturated rings. The molecule has 6 nitrogen and oxygen atoms in total. The van der Waals surface area contributed by atoms with E-state index >= 15 is 0 Å². The normalized spacial score (nSPS) is 18.4. The predicted molar refractivity (Wildman–Crippen MR) is 100 cm³/mol. The molecule has 1 aliphatic heterocycles. The number of anilines is 1. The molecule has 7 heteroatoms. The Morgan fingerprint density at radius 2 is 2.12 bits per heavy atom. The molecule has 2 rings (SSSR count). The van der Waals surface area contributed by atoms with Crippen LogP contribution in [-0.2, 0) is 4.74 Å². The van der Waals surface area contributed by atoms with Crippen molar-refractivity contribution in [2.45, 2.75) is 26.3 Å². The number of piperazine rings is 1. The van der Waals surface area contributed by atoms with Crippen molar-refractivity contribution in [3.05, 3.63) is 22.7 Å². The third kappa shape index (κ3) is 4.77. The minimum absolute atomic E-state index is 0.0679. The second kappa shape index (κ2) is 9.27. The summed E-state index contributed by atoms with van der Waals surface area (Å²) >= 11 is 6.10. The van der Waals surface area contributed by atoms with Crippen LogP contribution in [0.3, 0.4) is 0 Å². The first-order valence-electron chi connectivity index (χ1n) is 8.75. The van der Waals surface area contributed by atoms with Crippen LogP contribution < -0.4 is 10.5 Å². The Labute approximate surface area is 154 Å². The van der Waals surface area contributed by atoms with Crippen LogP contribution in [0.15, 0.2) is 12.1 Å². The Balaban J connectivity index is 2.10. The van der Waals surface area contributed by atoms with Crippen molar-refractivity contribution in [3.63, 3.8) is 0 Å². The average molecular weight is 370 g/mol. The van der Waals surface area contributed by atoms with E-state index in [2.05, 4.69) is 11.8 Å². The number of amides is 1. The zero-order chi connectivity index (χ0) is 18.4. The minimum atomic E-state index is -0.0679. The molecule has 0 spiro atoms. The predicted octanol–water partition coefficient (Wildman–Crippen LogP) is 2.50. The van der Waals surface area contributed by atoms with Gasteiger partial charge in [0.25, 0.3) is 5.91 Å². The third-order valence-electron chi connectivity index (χ3n) is 4.64. The molecule has 0 bridgehead atoms. The number of halogens is 1. The molecular weight excluding hydrogens is 342 g/mol. The summed E-state index contributed by atoms with van der Waals surface area (Å²) in [4.78, 5) is 17.2. The highest BCUT2D eigenvalue weighted by Crippen LogP contribution is 2.30. The smallest absolute Gasteiger partial charge is 0.257 e. The zero-order valence-corrected chi connectivity index (χ0v) is 16.0. The van der Waals surface area contributed by atoms with Gasteiger partial charge in [-0.3, -0.25) is 9.69 Å². The van der Waals surface area contributed by atoms with Gasteiger partial charge in [-0.2, -0.15) is 0 Å². The summed E-state index contributed by atoms with van der Waals surface area (Å²) in [5, 5.41) is 0.367. The van der Waals surface area contributed by atoms with Crippen LogP contribution in [0.25, 0.3) is 0 Å². The number of hydrogen-bond acceptors (Lipinski definition) is 5. The van der Waals surface area contributed by atoms with E-state index in [0.29, 0.717) is 41.2 Å². The third-order valence-corrected chi connectivity index (χ3v) is 4.97. The lowest BCUT2D eigenvalue weighted by Crippen LogP contribution is -2.55. The van der Waals surface area contributed by atoms with Gasteiger partial charge in [-0.1, -0.05) is 18.5 Å². The van der Waals surface area contributed by atoms with E-state index in [1.54, 1.807) is 12.1 Å². The zero-order valence-electron chi connectivity index (χ0n) is 15.3. The molecule has 1 unspecified atom stereocenters. The fraction of sp³-hybridized carbons (Fsp3) is 0.611. The van der Waals surface area contributed by atoms with Gasteiger partial charge in [0.2, 0.25) is 0 Å². The van der Waals surface area contributed by atoms with Crippen LogP contribution in [-0.4, -0.2) is 68.3 Å². The SMILES string of the molecule is CCOCCN1CCN(C(=O)c2cc(Cl)c(N)cc2OC)CC1CC. The van der Waals surface area contributed by atoms with Crippen LogP contribution in [0.5, 0.6) is 5.75 Å². The lowest BCUT2D eigenvalue weighted by Gasteiger charge is -2.41. The number of benzene rings is 1. The second-order valence-electron chi connectivity index (χ2n) is 6.12. The molecule has 1 aromatic carbocycles. The topological polar surface area (TPSA) is 68.0 Å². The first kappa shape index (κ1) is 19.8. The Kier molecular flexibility index (Phi) is 7.35. The number of nitrogens with two attached hydrogens (primary N) is 1. The molecule has 0 saturated carbocycles. The Morgan fingerprint density at radius 1 is 1.36 bits per heavy atom. The Bertz CT molecular complexity index is 597. The van der Waals surface area contributed by atoms with Crippen LogP contribution in [0.2, 0.25) is 5.02 Å². The minimum Gasteiger partial charge on any atom is -0.496 e. The maximum Gasteiger partial charge on any atom is 0.257 e. The van der Waals surface area contributed by atoms with Crippen LogP contribution in [0.4, 0.5) is 5.69 Å². The number of hydrogen-bond donors (Lipinski definition) is 1. The molecule has 2 N–H and O–H groups in total. The summed E-state index contributed by atoms with van der Waals surface area (Å²) in [6, 6.07) is 3.53.